The average Bonchev–Trinajstić information content (AvgIpc) is 2.96. The quantitative estimate of drug-likeness (QED) is 0.294. The van der Waals surface area contributed by atoms with Gasteiger partial charge in [0.25, 0.3) is 0 Å². The van der Waals surface area contributed by atoms with E-state index in [1.54, 1.807) is 0 Å². The molecule has 1 aromatic rings. The summed E-state index contributed by atoms with van der Waals surface area (Å²) >= 11 is 3.65. The van der Waals surface area contributed by atoms with Crippen LogP contribution in [0, 0.1) is 0 Å². The summed E-state index contributed by atoms with van der Waals surface area (Å²) in [6, 6.07) is 8.86. The van der Waals surface area contributed by atoms with E-state index in [4.69, 9.17) is 0 Å². The first-order valence-corrected chi connectivity index (χ1v) is 8.19. The van der Waals surface area contributed by atoms with Crippen molar-refractivity contribution in [3.05, 3.63) is 46.5 Å². The third-order valence-corrected chi connectivity index (χ3v) is 4.56. The number of nitrogens with one attached hydrogen (secondary N) is 2. The van der Waals surface area contributed by atoms with Crippen molar-refractivity contribution in [3.63, 3.8) is 0 Å². The Morgan fingerprint density at radius 3 is 2.50 bits per heavy atom. The van der Waals surface area contributed by atoms with Crippen LogP contribution in [0.2, 0.25) is 0 Å². The summed E-state index contributed by atoms with van der Waals surface area (Å²) < 4.78 is 1.15. The number of benzene rings is 1. The summed E-state index contributed by atoms with van der Waals surface area (Å²) in [6.07, 6.45) is 6.59. The van der Waals surface area contributed by atoms with Gasteiger partial charge in [-0.1, -0.05) is 60.1 Å². The standard InChI is InChI=1S/C17H24BrN3.HI/c1-17(2,14-10-6-7-11-15(14)18)12-20-16(19-3)21-13-8-4-5-9-13;/h4-7,10-11,13H,8-9,12H2,1-3H3,(H2,19,20,21);1H. The summed E-state index contributed by atoms with van der Waals surface area (Å²) in [5.74, 6) is 0.879. The predicted octanol–water partition coefficient (Wildman–Crippen LogP) is 4.23. The van der Waals surface area contributed by atoms with Crippen molar-refractivity contribution in [2.45, 2.75) is 38.1 Å². The van der Waals surface area contributed by atoms with E-state index < -0.39 is 0 Å². The molecule has 2 N–H and O–H groups in total. The lowest BCUT2D eigenvalue weighted by Crippen LogP contribution is -2.46. The van der Waals surface area contributed by atoms with E-state index in [-0.39, 0.29) is 29.4 Å². The Hall–Kier alpha value is -0.560. The fourth-order valence-electron chi connectivity index (χ4n) is 2.53. The van der Waals surface area contributed by atoms with E-state index in [0.717, 1.165) is 29.8 Å². The smallest absolute Gasteiger partial charge is 0.191 e. The molecule has 0 saturated carbocycles. The third kappa shape index (κ3) is 5.26. The molecule has 1 aromatic carbocycles. The summed E-state index contributed by atoms with van der Waals surface area (Å²) in [4.78, 5) is 4.33. The second-order valence-corrected chi connectivity index (χ2v) is 6.93. The van der Waals surface area contributed by atoms with Gasteiger partial charge in [-0.3, -0.25) is 4.99 Å². The highest BCUT2D eigenvalue weighted by molar-refractivity contribution is 14.0. The largest absolute Gasteiger partial charge is 0.356 e. The van der Waals surface area contributed by atoms with Gasteiger partial charge in [0.05, 0.1) is 0 Å². The van der Waals surface area contributed by atoms with E-state index >= 15 is 0 Å². The van der Waals surface area contributed by atoms with Crippen LogP contribution in [0.1, 0.15) is 32.3 Å². The van der Waals surface area contributed by atoms with Crippen molar-refractivity contribution in [2.75, 3.05) is 13.6 Å². The summed E-state index contributed by atoms with van der Waals surface area (Å²) in [7, 11) is 1.82. The minimum Gasteiger partial charge on any atom is -0.356 e. The first-order chi connectivity index (χ1) is 10.0. The Morgan fingerprint density at radius 1 is 1.27 bits per heavy atom. The van der Waals surface area contributed by atoms with E-state index in [1.807, 2.05) is 13.1 Å². The number of hydrogen-bond acceptors (Lipinski definition) is 1. The SMILES string of the molecule is CN=C(NCC(C)(C)c1ccccc1Br)NC1CC=CC1.I. The van der Waals surface area contributed by atoms with Crippen molar-refractivity contribution in [2.24, 2.45) is 4.99 Å². The van der Waals surface area contributed by atoms with Crippen molar-refractivity contribution in [1.82, 2.24) is 10.6 Å². The molecular weight excluding hydrogens is 453 g/mol. The van der Waals surface area contributed by atoms with Crippen LogP contribution in [0.3, 0.4) is 0 Å². The Labute approximate surface area is 159 Å². The average molecular weight is 478 g/mol. The van der Waals surface area contributed by atoms with Gasteiger partial charge in [0.2, 0.25) is 0 Å². The minimum absolute atomic E-state index is 0. The molecular formula is C17H25BrIN3. The summed E-state index contributed by atoms with van der Waals surface area (Å²) in [6.45, 7) is 5.31. The Balaban J connectivity index is 0.00000242. The van der Waals surface area contributed by atoms with Gasteiger partial charge in [0.15, 0.2) is 5.96 Å². The monoisotopic (exact) mass is 477 g/mol. The van der Waals surface area contributed by atoms with Gasteiger partial charge in [-0.25, -0.2) is 0 Å². The summed E-state index contributed by atoms with van der Waals surface area (Å²) in [5, 5.41) is 6.92. The number of nitrogens with zero attached hydrogens (tertiary/aromatic N) is 1. The number of aliphatic imine (C=N–C) groups is 1. The van der Waals surface area contributed by atoms with Crippen LogP contribution in [0.25, 0.3) is 0 Å². The van der Waals surface area contributed by atoms with Crippen LogP contribution >= 0.6 is 39.9 Å². The molecule has 0 saturated heterocycles. The van der Waals surface area contributed by atoms with Crippen LogP contribution in [-0.4, -0.2) is 25.6 Å². The maximum absolute atomic E-state index is 4.33. The zero-order valence-corrected chi connectivity index (χ0v) is 17.3. The van der Waals surface area contributed by atoms with Gasteiger partial charge >= 0.3 is 0 Å². The number of hydrogen-bond donors (Lipinski definition) is 2. The van der Waals surface area contributed by atoms with Gasteiger partial charge in [0, 0.05) is 29.5 Å². The first-order valence-electron chi connectivity index (χ1n) is 7.40. The molecule has 3 nitrogen and oxygen atoms in total. The molecule has 0 radical (unpaired) electrons. The van der Waals surface area contributed by atoms with Gasteiger partial charge in [-0.2, -0.15) is 0 Å². The zero-order chi connectivity index (χ0) is 15.3. The third-order valence-electron chi connectivity index (χ3n) is 3.87. The van der Waals surface area contributed by atoms with E-state index in [2.05, 4.69) is 75.8 Å². The molecule has 122 valence electrons. The van der Waals surface area contributed by atoms with Crippen molar-refractivity contribution in [1.29, 1.82) is 0 Å². The highest BCUT2D eigenvalue weighted by Gasteiger charge is 2.23. The van der Waals surface area contributed by atoms with Crippen molar-refractivity contribution >= 4 is 45.9 Å². The molecule has 22 heavy (non-hydrogen) atoms. The molecule has 0 aliphatic heterocycles. The lowest BCUT2D eigenvalue weighted by molar-refractivity contribution is 0.502. The predicted molar refractivity (Wildman–Crippen MR) is 109 cm³/mol. The molecule has 0 amide bonds. The molecule has 1 aliphatic carbocycles. The normalized spacial score (nSPS) is 15.5. The molecule has 1 aliphatic rings. The Morgan fingerprint density at radius 2 is 1.91 bits per heavy atom. The number of halogens is 2. The van der Waals surface area contributed by atoms with Gasteiger partial charge in [-0.05, 0) is 24.5 Å². The highest BCUT2D eigenvalue weighted by atomic mass is 127. The Bertz CT molecular complexity index is 532. The van der Waals surface area contributed by atoms with E-state index in [1.165, 1.54) is 5.56 Å². The number of rotatable bonds is 4. The summed E-state index contributed by atoms with van der Waals surface area (Å²) in [5.41, 5.74) is 1.32. The Kier molecular flexibility index (Phi) is 7.89. The van der Waals surface area contributed by atoms with Crippen LogP contribution in [0.5, 0.6) is 0 Å². The molecule has 2 rings (SSSR count). The topological polar surface area (TPSA) is 36.4 Å². The zero-order valence-electron chi connectivity index (χ0n) is 13.4. The molecule has 0 aromatic heterocycles. The van der Waals surface area contributed by atoms with Crippen LogP contribution in [0.15, 0.2) is 45.9 Å². The molecule has 0 bridgehead atoms. The molecule has 0 atom stereocenters. The molecule has 0 unspecified atom stereocenters. The highest BCUT2D eigenvalue weighted by Crippen LogP contribution is 2.29. The second kappa shape index (κ2) is 8.91. The first kappa shape index (κ1) is 19.5. The molecule has 0 spiro atoms. The second-order valence-electron chi connectivity index (χ2n) is 6.07. The maximum Gasteiger partial charge on any atom is 0.191 e. The van der Waals surface area contributed by atoms with Crippen LogP contribution in [-0.2, 0) is 5.41 Å². The molecule has 0 heterocycles. The minimum atomic E-state index is 0. The fourth-order valence-corrected chi connectivity index (χ4v) is 3.35. The van der Waals surface area contributed by atoms with Crippen molar-refractivity contribution in [3.8, 4) is 0 Å². The van der Waals surface area contributed by atoms with Gasteiger partial charge in [-0.15, -0.1) is 24.0 Å². The number of guanidine groups is 1. The molecule has 0 fully saturated rings. The van der Waals surface area contributed by atoms with E-state index in [9.17, 15) is 0 Å². The lowest BCUT2D eigenvalue weighted by atomic mass is 9.84. The van der Waals surface area contributed by atoms with E-state index in [0.29, 0.717) is 6.04 Å². The van der Waals surface area contributed by atoms with Crippen LogP contribution < -0.4 is 10.6 Å². The van der Waals surface area contributed by atoms with Crippen molar-refractivity contribution < 1.29 is 0 Å². The lowest BCUT2D eigenvalue weighted by Gasteiger charge is -2.28. The maximum atomic E-state index is 4.33. The van der Waals surface area contributed by atoms with Crippen LogP contribution in [0.4, 0.5) is 0 Å². The fraction of sp³-hybridized carbons (Fsp3) is 0.471. The van der Waals surface area contributed by atoms with Gasteiger partial charge < -0.3 is 10.6 Å². The van der Waals surface area contributed by atoms with Gasteiger partial charge in [0.1, 0.15) is 0 Å². The molecule has 5 heteroatoms.